The molecule has 1 heterocycles. The SMILES string of the molecule is CCC(COC)NC(=O)C1CCCN1C(=O)Cc1ccccc1. The van der Waals surface area contributed by atoms with Crippen molar-refractivity contribution in [1.82, 2.24) is 10.2 Å². The van der Waals surface area contributed by atoms with Crippen LogP contribution in [0.4, 0.5) is 0 Å². The van der Waals surface area contributed by atoms with E-state index in [0.717, 1.165) is 24.8 Å². The number of nitrogens with zero attached hydrogens (tertiary/aromatic N) is 1. The van der Waals surface area contributed by atoms with Gasteiger partial charge in [0.15, 0.2) is 0 Å². The number of benzene rings is 1. The van der Waals surface area contributed by atoms with Gasteiger partial charge in [-0.2, -0.15) is 0 Å². The van der Waals surface area contributed by atoms with E-state index >= 15 is 0 Å². The molecule has 23 heavy (non-hydrogen) atoms. The molecule has 126 valence electrons. The number of hydrogen-bond donors (Lipinski definition) is 1. The van der Waals surface area contributed by atoms with Gasteiger partial charge in [-0.15, -0.1) is 0 Å². The fourth-order valence-corrected chi connectivity index (χ4v) is 2.97. The summed E-state index contributed by atoms with van der Waals surface area (Å²) >= 11 is 0. The smallest absolute Gasteiger partial charge is 0.243 e. The second-order valence-corrected chi connectivity index (χ2v) is 5.98. The zero-order chi connectivity index (χ0) is 16.7. The lowest BCUT2D eigenvalue weighted by atomic mass is 10.1. The maximum absolute atomic E-state index is 12.5. The second-order valence-electron chi connectivity index (χ2n) is 5.98. The van der Waals surface area contributed by atoms with Gasteiger partial charge in [0.25, 0.3) is 0 Å². The summed E-state index contributed by atoms with van der Waals surface area (Å²) in [6, 6.07) is 9.31. The largest absolute Gasteiger partial charge is 0.383 e. The van der Waals surface area contributed by atoms with Crippen LogP contribution in [0.2, 0.25) is 0 Å². The number of methoxy groups -OCH3 is 1. The third-order valence-corrected chi connectivity index (χ3v) is 4.28. The monoisotopic (exact) mass is 318 g/mol. The van der Waals surface area contributed by atoms with Gasteiger partial charge in [0.2, 0.25) is 11.8 Å². The Morgan fingerprint density at radius 3 is 2.74 bits per heavy atom. The first-order chi connectivity index (χ1) is 11.2. The molecule has 2 rings (SSSR count). The zero-order valence-corrected chi connectivity index (χ0v) is 14.0. The summed E-state index contributed by atoms with van der Waals surface area (Å²) < 4.78 is 5.12. The second kappa shape index (κ2) is 8.67. The molecule has 2 unspecified atom stereocenters. The average Bonchev–Trinajstić information content (AvgIpc) is 3.05. The van der Waals surface area contributed by atoms with Gasteiger partial charge in [0, 0.05) is 13.7 Å². The van der Waals surface area contributed by atoms with Crippen LogP contribution in [-0.4, -0.2) is 49.1 Å². The van der Waals surface area contributed by atoms with E-state index in [1.165, 1.54) is 0 Å². The Morgan fingerprint density at radius 2 is 2.09 bits per heavy atom. The third kappa shape index (κ3) is 4.79. The van der Waals surface area contributed by atoms with E-state index in [9.17, 15) is 9.59 Å². The molecule has 0 aromatic heterocycles. The van der Waals surface area contributed by atoms with Crippen molar-refractivity contribution >= 4 is 11.8 Å². The molecule has 0 radical (unpaired) electrons. The van der Waals surface area contributed by atoms with E-state index in [-0.39, 0.29) is 23.9 Å². The topological polar surface area (TPSA) is 58.6 Å². The molecule has 0 bridgehead atoms. The van der Waals surface area contributed by atoms with Crippen LogP contribution in [0.25, 0.3) is 0 Å². The maximum atomic E-state index is 12.5. The maximum Gasteiger partial charge on any atom is 0.243 e. The van der Waals surface area contributed by atoms with Crippen molar-refractivity contribution in [3.8, 4) is 0 Å². The Morgan fingerprint density at radius 1 is 1.35 bits per heavy atom. The summed E-state index contributed by atoms with van der Waals surface area (Å²) in [4.78, 5) is 26.8. The van der Waals surface area contributed by atoms with Crippen LogP contribution in [0.1, 0.15) is 31.7 Å². The van der Waals surface area contributed by atoms with Gasteiger partial charge >= 0.3 is 0 Å². The first kappa shape index (κ1) is 17.5. The fraction of sp³-hybridized carbons (Fsp3) is 0.556. The van der Waals surface area contributed by atoms with Crippen LogP contribution in [-0.2, 0) is 20.7 Å². The van der Waals surface area contributed by atoms with Gasteiger partial charge in [-0.05, 0) is 24.8 Å². The number of rotatable bonds is 7. The van der Waals surface area contributed by atoms with Crippen molar-refractivity contribution in [2.45, 2.75) is 44.7 Å². The van der Waals surface area contributed by atoms with Crippen LogP contribution >= 0.6 is 0 Å². The molecule has 1 aromatic carbocycles. The fourth-order valence-electron chi connectivity index (χ4n) is 2.97. The summed E-state index contributed by atoms with van der Waals surface area (Å²) in [5.74, 6) is -0.0403. The molecule has 2 amide bonds. The summed E-state index contributed by atoms with van der Waals surface area (Å²) in [5, 5.41) is 3.00. The van der Waals surface area contributed by atoms with Crippen LogP contribution in [0.15, 0.2) is 30.3 Å². The van der Waals surface area contributed by atoms with Crippen LogP contribution in [0.3, 0.4) is 0 Å². The molecule has 0 aliphatic carbocycles. The van der Waals surface area contributed by atoms with Crippen LogP contribution in [0.5, 0.6) is 0 Å². The number of amides is 2. The number of carbonyl (C=O) groups excluding carboxylic acids is 2. The molecule has 1 saturated heterocycles. The summed E-state index contributed by atoms with van der Waals surface area (Å²) in [6.45, 7) is 3.16. The van der Waals surface area contributed by atoms with E-state index in [1.807, 2.05) is 37.3 Å². The van der Waals surface area contributed by atoms with E-state index in [2.05, 4.69) is 5.32 Å². The molecule has 0 spiro atoms. The van der Waals surface area contributed by atoms with Gasteiger partial charge in [-0.25, -0.2) is 0 Å². The summed E-state index contributed by atoms with van der Waals surface area (Å²) in [7, 11) is 1.63. The van der Waals surface area contributed by atoms with Crippen LogP contribution < -0.4 is 5.32 Å². The van der Waals surface area contributed by atoms with Crippen LogP contribution in [0, 0.1) is 0 Å². The lowest BCUT2D eigenvalue weighted by Gasteiger charge is -2.26. The standard InChI is InChI=1S/C18H26N2O3/c1-3-15(13-23-2)19-18(22)16-10-7-11-20(16)17(21)12-14-8-5-4-6-9-14/h4-6,8-9,15-16H,3,7,10-13H2,1-2H3,(H,19,22). The predicted octanol–water partition coefficient (Wildman–Crippen LogP) is 1.76. The zero-order valence-electron chi connectivity index (χ0n) is 14.0. The number of ether oxygens (including phenoxy) is 1. The molecule has 1 N–H and O–H groups in total. The lowest BCUT2D eigenvalue weighted by Crippen LogP contribution is -2.50. The van der Waals surface area contributed by atoms with E-state index in [1.54, 1.807) is 12.0 Å². The van der Waals surface area contributed by atoms with Gasteiger partial charge in [0.1, 0.15) is 6.04 Å². The van der Waals surface area contributed by atoms with Gasteiger partial charge in [-0.3, -0.25) is 9.59 Å². The Hall–Kier alpha value is -1.88. The minimum absolute atomic E-state index is 0.000764. The first-order valence-electron chi connectivity index (χ1n) is 8.28. The van der Waals surface area contributed by atoms with Crippen molar-refractivity contribution in [3.63, 3.8) is 0 Å². The highest BCUT2D eigenvalue weighted by Crippen LogP contribution is 2.19. The third-order valence-electron chi connectivity index (χ3n) is 4.28. The Bertz CT molecular complexity index is 518. The molecule has 1 aliphatic heterocycles. The van der Waals surface area contributed by atoms with Crippen molar-refractivity contribution in [1.29, 1.82) is 0 Å². The highest BCUT2D eigenvalue weighted by Gasteiger charge is 2.34. The van der Waals surface area contributed by atoms with Crippen molar-refractivity contribution in [3.05, 3.63) is 35.9 Å². The lowest BCUT2D eigenvalue weighted by molar-refractivity contribution is -0.138. The van der Waals surface area contributed by atoms with E-state index in [0.29, 0.717) is 19.6 Å². The van der Waals surface area contributed by atoms with Crippen molar-refractivity contribution in [2.24, 2.45) is 0 Å². The first-order valence-corrected chi connectivity index (χ1v) is 8.28. The molecular weight excluding hydrogens is 292 g/mol. The number of hydrogen-bond acceptors (Lipinski definition) is 3. The average molecular weight is 318 g/mol. The summed E-state index contributed by atoms with van der Waals surface area (Å²) in [5.41, 5.74) is 0.981. The quantitative estimate of drug-likeness (QED) is 0.833. The molecule has 5 heteroatoms. The van der Waals surface area contributed by atoms with E-state index < -0.39 is 0 Å². The highest BCUT2D eigenvalue weighted by molar-refractivity contribution is 5.89. The molecule has 2 atom stereocenters. The van der Waals surface area contributed by atoms with Crippen molar-refractivity contribution in [2.75, 3.05) is 20.3 Å². The summed E-state index contributed by atoms with van der Waals surface area (Å²) in [6.07, 6.45) is 2.76. The molecule has 1 aromatic rings. The number of carbonyl (C=O) groups is 2. The predicted molar refractivity (Wildman–Crippen MR) is 89.0 cm³/mol. The molecule has 5 nitrogen and oxygen atoms in total. The molecular formula is C18H26N2O3. The Kier molecular flexibility index (Phi) is 6.59. The highest BCUT2D eigenvalue weighted by atomic mass is 16.5. The molecule has 1 fully saturated rings. The minimum atomic E-state index is -0.350. The Balaban J connectivity index is 1.96. The molecule has 0 saturated carbocycles. The van der Waals surface area contributed by atoms with E-state index in [4.69, 9.17) is 4.74 Å². The van der Waals surface area contributed by atoms with Gasteiger partial charge in [0.05, 0.1) is 19.1 Å². The molecule has 1 aliphatic rings. The number of likely N-dealkylation sites (tertiary alicyclic amines) is 1. The van der Waals surface area contributed by atoms with Gasteiger partial charge in [-0.1, -0.05) is 37.3 Å². The number of nitrogens with one attached hydrogen (secondary N) is 1. The Labute approximate surface area is 138 Å². The minimum Gasteiger partial charge on any atom is -0.383 e. The van der Waals surface area contributed by atoms with Crippen molar-refractivity contribution < 1.29 is 14.3 Å². The normalized spacial score (nSPS) is 18.7. The van der Waals surface area contributed by atoms with Gasteiger partial charge < -0.3 is 15.0 Å².